The van der Waals surface area contributed by atoms with Crippen LogP contribution in [0.15, 0.2) is 48.5 Å². The first-order valence-electron chi connectivity index (χ1n) is 10.2. The van der Waals surface area contributed by atoms with Gasteiger partial charge in [0.05, 0.1) is 12.7 Å². The molecule has 0 saturated carbocycles. The summed E-state index contributed by atoms with van der Waals surface area (Å²) < 4.78 is 25.7. The number of benzene rings is 2. The predicted octanol–water partition coefficient (Wildman–Crippen LogP) is 4.64. The smallest absolute Gasteiger partial charge is 0.123 e. The molecule has 1 aliphatic rings. The number of nitrogens with zero attached hydrogens (tertiary/aromatic N) is 1. The molecule has 0 spiro atoms. The number of hydrogen-bond acceptors (Lipinski definition) is 4. The maximum Gasteiger partial charge on any atom is 0.123 e. The maximum atomic E-state index is 12.9. The Morgan fingerprint density at radius 1 is 1.21 bits per heavy atom. The van der Waals surface area contributed by atoms with E-state index in [0.29, 0.717) is 24.4 Å². The van der Waals surface area contributed by atoms with Crippen molar-refractivity contribution in [3.05, 3.63) is 63.5 Å². The molecule has 29 heavy (non-hydrogen) atoms. The summed E-state index contributed by atoms with van der Waals surface area (Å²) in [7, 11) is 1.80. The number of ether oxygens (including phenoxy) is 2. The van der Waals surface area contributed by atoms with Gasteiger partial charge >= 0.3 is 0 Å². The lowest BCUT2D eigenvalue weighted by atomic mass is 9.99. The Kier molecular flexibility index (Phi) is 8.71. The van der Waals surface area contributed by atoms with Crippen molar-refractivity contribution in [3.8, 4) is 5.75 Å². The van der Waals surface area contributed by atoms with E-state index in [1.807, 2.05) is 0 Å². The van der Waals surface area contributed by atoms with Crippen LogP contribution in [-0.4, -0.2) is 50.4 Å². The standard InChI is InChI=1S/C23H30FIN2O2/c1-17(20-6-3-4-7-21(20)25)26-22-12-14-27(16-23(22)28-2)13-5-15-29-19-10-8-18(24)9-11-19/h3-4,6-11,17,22-23,26H,5,12-16H2,1-2H3. The molecule has 0 amide bonds. The first-order chi connectivity index (χ1) is 14.1. The van der Waals surface area contributed by atoms with Gasteiger partial charge in [-0.25, -0.2) is 4.39 Å². The number of nitrogens with one attached hydrogen (secondary N) is 1. The normalized spacial score (nSPS) is 21.1. The van der Waals surface area contributed by atoms with Crippen LogP contribution in [0.25, 0.3) is 0 Å². The summed E-state index contributed by atoms with van der Waals surface area (Å²) in [6, 6.07) is 15.3. The Morgan fingerprint density at radius 2 is 1.97 bits per heavy atom. The number of methoxy groups -OCH3 is 1. The van der Waals surface area contributed by atoms with E-state index in [-0.39, 0.29) is 11.9 Å². The molecule has 0 radical (unpaired) electrons. The molecule has 0 aromatic heterocycles. The molecule has 3 atom stereocenters. The Balaban J connectivity index is 1.43. The minimum atomic E-state index is -0.240. The monoisotopic (exact) mass is 512 g/mol. The van der Waals surface area contributed by atoms with Gasteiger partial charge in [0.2, 0.25) is 0 Å². The Morgan fingerprint density at radius 3 is 2.69 bits per heavy atom. The molecule has 6 heteroatoms. The first kappa shape index (κ1) is 22.5. The van der Waals surface area contributed by atoms with Crippen molar-refractivity contribution >= 4 is 22.6 Å². The van der Waals surface area contributed by atoms with Crippen LogP contribution in [0, 0.1) is 9.39 Å². The van der Waals surface area contributed by atoms with Gasteiger partial charge in [0.1, 0.15) is 11.6 Å². The summed E-state index contributed by atoms with van der Waals surface area (Å²) in [5, 5.41) is 3.78. The average molecular weight is 512 g/mol. The van der Waals surface area contributed by atoms with Crippen molar-refractivity contribution in [2.45, 2.75) is 38.0 Å². The molecule has 3 unspecified atom stereocenters. The number of rotatable bonds is 9. The quantitative estimate of drug-likeness (QED) is 0.392. The van der Waals surface area contributed by atoms with Crippen LogP contribution >= 0.6 is 22.6 Å². The molecule has 2 aromatic rings. The van der Waals surface area contributed by atoms with Gasteiger partial charge in [0, 0.05) is 35.9 Å². The number of hydrogen-bond donors (Lipinski definition) is 1. The number of piperidine rings is 1. The van der Waals surface area contributed by atoms with E-state index < -0.39 is 0 Å². The topological polar surface area (TPSA) is 33.7 Å². The largest absolute Gasteiger partial charge is 0.494 e. The Hall–Kier alpha value is -1.22. The average Bonchev–Trinajstić information content (AvgIpc) is 2.73. The first-order valence-corrected chi connectivity index (χ1v) is 11.3. The zero-order chi connectivity index (χ0) is 20.6. The van der Waals surface area contributed by atoms with E-state index in [1.165, 1.54) is 21.3 Å². The van der Waals surface area contributed by atoms with Crippen molar-refractivity contribution in [3.63, 3.8) is 0 Å². The molecule has 0 bridgehead atoms. The molecule has 1 heterocycles. The second-order valence-electron chi connectivity index (χ2n) is 7.54. The lowest BCUT2D eigenvalue weighted by Crippen LogP contribution is -2.54. The van der Waals surface area contributed by atoms with Crippen molar-refractivity contribution in [1.29, 1.82) is 0 Å². The van der Waals surface area contributed by atoms with Crippen LogP contribution in [0.4, 0.5) is 4.39 Å². The third-order valence-electron chi connectivity index (χ3n) is 5.48. The van der Waals surface area contributed by atoms with Crippen LogP contribution in [0.2, 0.25) is 0 Å². The second-order valence-corrected chi connectivity index (χ2v) is 8.70. The summed E-state index contributed by atoms with van der Waals surface area (Å²) in [6.07, 6.45) is 2.17. The lowest BCUT2D eigenvalue weighted by Gasteiger charge is -2.39. The van der Waals surface area contributed by atoms with E-state index in [0.717, 1.165) is 32.5 Å². The highest BCUT2D eigenvalue weighted by Crippen LogP contribution is 2.23. The zero-order valence-electron chi connectivity index (χ0n) is 17.1. The molecule has 3 rings (SSSR count). The van der Waals surface area contributed by atoms with E-state index in [4.69, 9.17) is 9.47 Å². The Bertz CT molecular complexity index is 759. The Labute approximate surface area is 186 Å². The molecular formula is C23H30FIN2O2. The van der Waals surface area contributed by atoms with Gasteiger partial charge < -0.3 is 19.7 Å². The van der Waals surface area contributed by atoms with E-state index >= 15 is 0 Å². The van der Waals surface area contributed by atoms with Crippen LogP contribution in [-0.2, 0) is 4.74 Å². The summed E-state index contributed by atoms with van der Waals surface area (Å²) in [4.78, 5) is 2.44. The van der Waals surface area contributed by atoms with Gasteiger partial charge in [-0.05, 0) is 84.8 Å². The van der Waals surface area contributed by atoms with Gasteiger partial charge in [-0.1, -0.05) is 18.2 Å². The van der Waals surface area contributed by atoms with Crippen molar-refractivity contribution in [2.75, 3.05) is 33.4 Å². The van der Waals surface area contributed by atoms with E-state index in [2.05, 4.69) is 64.0 Å². The summed E-state index contributed by atoms with van der Waals surface area (Å²) >= 11 is 2.40. The third kappa shape index (κ3) is 6.64. The SMILES string of the molecule is COC1CN(CCCOc2ccc(F)cc2)CCC1NC(C)c1ccccc1I. The second kappa shape index (κ2) is 11.2. The van der Waals surface area contributed by atoms with Gasteiger partial charge in [-0.3, -0.25) is 0 Å². The van der Waals surface area contributed by atoms with Gasteiger partial charge in [0.15, 0.2) is 0 Å². The highest BCUT2D eigenvalue weighted by atomic mass is 127. The molecule has 2 aromatic carbocycles. The van der Waals surface area contributed by atoms with Crippen LogP contribution in [0.5, 0.6) is 5.75 Å². The van der Waals surface area contributed by atoms with Gasteiger partial charge in [0.25, 0.3) is 0 Å². The number of halogens is 2. The molecule has 1 N–H and O–H groups in total. The van der Waals surface area contributed by atoms with Crippen molar-refractivity contribution in [2.24, 2.45) is 0 Å². The lowest BCUT2D eigenvalue weighted by molar-refractivity contribution is 0.00190. The van der Waals surface area contributed by atoms with E-state index in [1.54, 1.807) is 19.2 Å². The summed E-state index contributed by atoms with van der Waals surface area (Å²) in [5.74, 6) is 0.476. The third-order valence-corrected chi connectivity index (χ3v) is 6.47. The molecule has 158 valence electrons. The molecule has 1 aliphatic heterocycles. The fourth-order valence-corrected chi connectivity index (χ4v) is 4.71. The number of likely N-dealkylation sites (tertiary alicyclic amines) is 1. The molecular weight excluding hydrogens is 482 g/mol. The highest BCUT2D eigenvalue weighted by Gasteiger charge is 2.30. The van der Waals surface area contributed by atoms with Crippen LogP contribution < -0.4 is 10.1 Å². The van der Waals surface area contributed by atoms with Crippen molar-refractivity contribution < 1.29 is 13.9 Å². The fourth-order valence-electron chi connectivity index (χ4n) is 3.86. The molecule has 1 fully saturated rings. The van der Waals surface area contributed by atoms with Gasteiger partial charge in [-0.15, -0.1) is 0 Å². The fraction of sp³-hybridized carbons (Fsp3) is 0.478. The van der Waals surface area contributed by atoms with Gasteiger partial charge in [-0.2, -0.15) is 0 Å². The highest BCUT2D eigenvalue weighted by molar-refractivity contribution is 14.1. The summed E-state index contributed by atoms with van der Waals surface area (Å²) in [6.45, 7) is 5.80. The van der Waals surface area contributed by atoms with Crippen LogP contribution in [0.1, 0.15) is 31.4 Å². The summed E-state index contributed by atoms with van der Waals surface area (Å²) in [5.41, 5.74) is 1.34. The van der Waals surface area contributed by atoms with Crippen LogP contribution in [0.3, 0.4) is 0 Å². The predicted molar refractivity (Wildman–Crippen MR) is 123 cm³/mol. The minimum Gasteiger partial charge on any atom is -0.494 e. The molecule has 1 saturated heterocycles. The van der Waals surface area contributed by atoms with Crippen molar-refractivity contribution in [1.82, 2.24) is 10.2 Å². The minimum absolute atomic E-state index is 0.172. The molecule has 4 nitrogen and oxygen atoms in total. The van der Waals surface area contributed by atoms with E-state index in [9.17, 15) is 4.39 Å². The maximum absolute atomic E-state index is 12.9. The molecule has 0 aliphatic carbocycles. The zero-order valence-corrected chi connectivity index (χ0v) is 19.3.